The fourth-order valence-electron chi connectivity index (χ4n) is 9.23. The number of aromatic nitrogens is 4. The molecule has 0 unspecified atom stereocenters. The Hall–Kier alpha value is -4.38. The summed E-state index contributed by atoms with van der Waals surface area (Å²) < 4.78 is 5.28. The zero-order valence-electron chi connectivity index (χ0n) is 39.2. The number of hydrogen-bond donors (Lipinski definition) is 6. The monoisotopic (exact) mass is 988 g/mol. The van der Waals surface area contributed by atoms with Crippen LogP contribution in [-0.2, 0) is 41.2 Å². The molecular formula is C47H70N12O5Pd. The molecule has 0 saturated heterocycles. The van der Waals surface area contributed by atoms with E-state index in [4.69, 9.17) is 47.6 Å². The topological polar surface area (TPSA) is 266 Å². The van der Waals surface area contributed by atoms with E-state index < -0.39 is 5.97 Å². The number of Topliss-reactive ketones (excluding diaryl/α,β-unsaturated/α-hetero) is 1. The fourth-order valence-corrected chi connectivity index (χ4v) is 9.23. The normalized spacial score (nSPS) is 17.0. The average molecular weight is 990 g/mol. The van der Waals surface area contributed by atoms with Crippen molar-refractivity contribution < 1.29 is 44.3 Å². The average Bonchev–Trinajstić information content (AvgIpc) is 3.95. The number of hydrogen-bond acceptors (Lipinski definition) is 13. The number of esters is 1. The van der Waals surface area contributed by atoms with Crippen molar-refractivity contribution in [1.29, 1.82) is 0 Å². The van der Waals surface area contributed by atoms with Crippen LogP contribution < -0.4 is 43.5 Å². The minimum absolute atomic E-state index is 0. The summed E-state index contributed by atoms with van der Waals surface area (Å²) in [5.74, 6) is -1.76. The number of nitrogens with one attached hydrogen (secondary N) is 2. The summed E-state index contributed by atoms with van der Waals surface area (Å²) in [6.07, 6.45) is 1.09. The molecule has 2 aliphatic rings. The second kappa shape index (κ2) is 24.9. The van der Waals surface area contributed by atoms with E-state index in [1.54, 1.807) is 6.92 Å². The van der Waals surface area contributed by atoms with E-state index >= 15 is 0 Å². The Morgan fingerprint density at radius 3 is 1.82 bits per heavy atom. The summed E-state index contributed by atoms with van der Waals surface area (Å²) in [6, 6.07) is 5.75. The predicted octanol–water partition coefficient (Wildman–Crippen LogP) is 2.36. The molecule has 10 N–H and O–H groups in total. The first-order chi connectivity index (χ1) is 30.7. The molecule has 0 saturated carbocycles. The molecule has 2 amide bonds. The zero-order valence-corrected chi connectivity index (χ0v) is 40.8. The Bertz CT molecular complexity index is 2300. The molecule has 358 valence electrons. The van der Waals surface area contributed by atoms with Crippen LogP contribution >= 0.6 is 0 Å². The van der Waals surface area contributed by atoms with Crippen LogP contribution in [0.5, 0.6) is 0 Å². The van der Waals surface area contributed by atoms with Crippen molar-refractivity contribution in [1.82, 2.24) is 40.4 Å². The Balaban J connectivity index is 0.00000925. The first kappa shape index (κ1) is 53.2. The van der Waals surface area contributed by atoms with Crippen molar-refractivity contribution in [2.45, 2.75) is 90.9 Å². The predicted molar refractivity (Wildman–Crippen MR) is 250 cm³/mol. The van der Waals surface area contributed by atoms with E-state index in [0.717, 1.165) is 23.4 Å². The minimum atomic E-state index is -0.538. The standard InChI is InChI=1S/C47H72N12O5.Pd/c1-8-32-27(2)35-26-40-43(31(6)60)29(4)37(55-40)24-36-28(3)33(9-10-41(61)52-15-21-58(17-11-48)18-12-49)45(56-36)34(23-42(62)64-7)46-44(30(5)38(57-46)25-39(32)54-35)47(63)53-16-22-59(19-13-50)20-14-51;/h24-28,32-33H,8-23,48-51H2,1-7H3,(H4,52,53,54,55,56,57,60,61,63);/q;+2/p-2/t27-,28+,32-,33+;/m1./s1. The van der Waals surface area contributed by atoms with Crippen molar-refractivity contribution in [2.75, 3.05) is 85.6 Å². The molecular weight excluding hydrogens is 919 g/mol. The maximum Gasteiger partial charge on any atom is 2.00 e. The van der Waals surface area contributed by atoms with E-state index in [1.807, 2.05) is 39.0 Å². The second-order valence-electron chi connectivity index (χ2n) is 17.0. The Labute approximate surface area is 397 Å². The first-order valence-electron chi connectivity index (χ1n) is 22.7. The molecule has 0 radical (unpaired) electrons. The summed E-state index contributed by atoms with van der Waals surface area (Å²) in [4.78, 5) is 79.7. The summed E-state index contributed by atoms with van der Waals surface area (Å²) in [6.45, 7) is 17.9. The SMILES string of the molecule is CC[C@H]1c2cc3[n-]c(c(CC(=O)OC)c4nc(cc5[n-]c(cc(n2)[C@@H]1C)c(C(C)=O)c5C)[C@@H](C)[C@@H]4CCC(=O)NCCN(CCN)CCN)c(C(=O)NCCN(CCN)CCN)c3C.[Pd+2]. The van der Waals surface area contributed by atoms with E-state index in [1.165, 1.54) is 7.11 Å². The molecule has 0 spiro atoms. The van der Waals surface area contributed by atoms with E-state index in [-0.39, 0.29) is 74.5 Å². The van der Waals surface area contributed by atoms with Crippen LogP contribution in [0.3, 0.4) is 0 Å². The minimum Gasteiger partial charge on any atom is -0.657 e. The number of amides is 2. The molecule has 3 aromatic rings. The summed E-state index contributed by atoms with van der Waals surface area (Å²) in [7, 11) is 1.32. The number of ketones is 1. The van der Waals surface area contributed by atoms with Gasteiger partial charge in [0.25, 0.3) is 0 Å². The van der Waals surface area contributed by atoms with E-state index in [0.29, 0.717) is 141 Å². The number of carbonyl (C=O) groups is 4. The number of carbonyl (C=O) groups excluding carboxylic acids is 4. The maximum absolute atomic E-state index is 14.6. The van der Waals surface area contributed by atoms with Gasteiger partial charge in [0.15, 0.2) is 5.78 Å². The molecule has 3 aromatic heterocycles. The van der Waals surface area contributed by atoms with Crippen LogP contribution in [0.4, 0.5) is 0 Å². The molecule has 0 aromatic carbocycles. The van der Waals surface area contributed by atoms with Gasteiger partial charge in [-0.1, -0.05) is 50.1 Å². The number of nitrogens with zero attached hydrogens (tertiary/aromatic N) is 6. The number of ether oxygens (including phenoxy) is 1. The van der Waals surface area contributed by atoms with Crippen LogP contribution in [0.15, 0.2) is 18.2 Å². The number of rotatable bonds is 22. The summed E-state index contributed by atoms with van der Waals surface area (Å²) in [5.41, 5.74) is 30.7. The number of fused-ring (bicyclic) bond motifs is 8. The van der Waals surface area contributed by atoms with Gasteiger partial charge < -0.3 is 48.3 Å². The van der Waals surface area contributed by atoms with Gasteiger partial charge in [0.05, 0.1) is 13.5 Å². The molecule has 17 nitrogen and oxygen atoms in total. The van der Waals surface area contributed by atoms with E-state index in [2.05, 4.69) is 34.3 Å². The van der Waals surface area contributed by atoms with Gasteiger partial charge in [-0.3, -0.25) is 38.9 Å². The third kappa shape index (κ3) is 12.7. The number of aryl methyl sites for hydroxylation is 2. The zero-order chi connectivity index (χ0) is 46.7. The Kier molecular flexibility index (Phi) is 20.4. The van der Waals surface area contributed by atoms with Crippen molar-refractivity contribution >= 4 is 45.6 Å². The molecule has 4 atom stereocenters. The molecule has 2 aliphatic heterocycles. The van der Waals surface area contributed by atoms with Gasteiger partial charge in [-0.25, -0.2) is 0 Å². The van der Waals surface area contributed by atoms with Crippen LogP contribution in [0.1, 0.15) is 131 Å². The molecule has 5 heterocycles. The first-order valence-corrected chi connectivity index (χ1v) is 22.7. The van der Waals surface area contributed by atoms with Gasteiger partial charge in [-0.05, 0) is 39.2 Å². The largest absolute Gasteiger partial charge is 2.00 e. The van der Waals surface area contributed by atoms with E-state index in [9.17, 15) is 19.2 Å². The van der Waals surface area contributed by atoms with Gasteiger partial charge in [0.2, 0.25) is 11.8 Å². The third-order valence-electron chi connectivity index (χ3n) is 12.8. The molecule has 5 rings (SSSR count). The third-order valence-corrected chi connectivity index (χ3v) is 12.8. The summed E-state index contributed by atoms with van der Waals surface area (Å²) in [5, 5.41) is 6.16. The molecule has 0 aliphatic carbocycles. The molecule has 65 heavy (non-hydrogen) atoms. The van der Waals surface area contributed by atoms with Crippen LogP contribution in [-0.4, -0.2) is 129 Å². The van der Waals surface area contributed by atoms with Gasteiger partial charge >= 0.3 is 26.4 Å². The van der Waals surface area contributed by atoms with Crippen LogP contribution in [0.25, 0.3) is 22.1 Å². The van der Waals surface area contributed by atoms with Crippen molar-refractivity contribution in [3.8, 4) is 0 Å². The van der Waals surface area contributed by atoms with Gasteiger partial charge in [-0.15, -0.1) is 22.1 Å². The Morgan fingerprint density at radius 2 is 1.25 bits per heavy atom. The quantitative estimate of drug-likeness (QED) is 0.0480. The van der Waals surface area contributed by atoms with Crippen molar-refractivity contribution in [3.05, 3.63) is 68.8 Å². The van der Waals surface area contributed by atoms with Crippen LogP contribution in [0, 0.1) is 13.8 Å². The number of methoxy groups -OCH3 is 1. The van der Waals surface area contributed by atoms with Gasteiger partial charge in [-0.2, -0.15) is 0 Å². The van der Waals surface area contributed by atoms with Crippen molar-refractivity contribution in [3.63, 3.8) is 0 Å². The van der Waals surface area contributed by atoms with Crippen LogP contribution in [0.2, 0.25) is 0 Å². The molecule has 18 heteroatoms. The molecule has 8 bridgehead atoms. The van der Waals surface area contributed by atoms with Crippen molar-refractivity contribution in [2.24, 2.45) is 22.9 Å². The maximum atomic E-state index is 14.6. The van der Waals surface area contributed by atoms with Gasteiger partial charge in [0.1, 0.15) is 0 Å². The van der Waals surface area contributed by atoms with Gasteiger partial charge in [0, 0.05) is 143 Å². The Morgan fingerprint density at radius 1 is 0.723 bits per heavy atom. The number of nitrogens with two attached hydrogens (primary N) is 4. The second-order valence-corrected chi connectivity index (χ2v) is 17.0. The fraction of sp³-hybridized carbons (Fsp3) is 0.574. The summed E-state index contributed by atoms with van der Waals surface area (Å²) >= 11 is 0. The smallest absolute Gasteiger partial charge is 0.657 e. The molecule has 0 fully saturated rings.